The Labute approximate surface area is 316 Å². The molecule has 0 radical (unpaired) electrons. The van der Waals surface area contributed by atoms with Crippen LogP contribution in [0.15, 0.2) is 0 Å². The van der Waals surface area contributed by atoms with Gasteiger partial charge in [-0.2, -0.15) is 0 Å². The highest BCUT2D eigenvalue weighted by atomic mass is 31.2. The topological polar surface area (TPSA) is 172 Å². The molecule has 0 fully saturated rings. The van der Waals surface area contributed by atoms with Crippen LogP contribution in [-0.4, -0.2) is 59.9 Å². The summed E-state index contributed by atoms with van der Waals surface area (Å²) in [6, 6.07) is -1.51. The van der Waals surface area contributed by atoms with Crippen LogP contribution in [-0.2, 0) is 37.5 Å². The Morgan fingerprint density at radius 1 is 0.519 bits per heavy atom. The van der Waals surface area contributed by atoms with Crippen LogP contribution in [0.4, 0.5) is 0 Å². The Morgan fingerprint density at radius 2 is 0.885 bits per heavy atom. The number of carboxylic acid groups (broad SMARTS) is 1. The molecule has 0 heterocycles. The Morgan fingerprint density at radius 3 is 1.25 bits per heavy atom. The molecule has 0 aliphatic carbocycles. The summed E-state index contributed by atoms with van der Waals surface area (Å²) in [6.45, 7) is 2.39. The number of ether oxygens (including phenoxy) is 2. The van der Waals surface area contributed by atoms with Crippen LogP contribution in [0.5, 0.6) is 0 Å². The highest BCUT2D eigenvalue weighted by molar-refractivity contribution is 7.47. The molecule has 0 spiro atoms. The predicted molar refractivity (Wildman–Crippen MR) is 208 cm³/mol. The van der Waals surface area contributed by atoms with E-state index in [9.17, 15) is 23.8 Å². The summed E-state index contributed by atoms with van der Waals surface area (Å²) >= 11 is 0. The van der Waals surface area contributed by atoms with Crippen LogP contribution in [0.2, 0.25) is 0 Å². The minimum Gasteiger partial charge on any atom is -0.480 e. The molecule has 4 N–H and O–H groups in total. The molecule has 0 saturated heterocycles. The molecule has 0 aliphatic rings. The molecule has 1 unspecified atom stereocenters. The molecular formula is C40H78NO10P. The van der Waals surface area contributed by atoms with Crippen molar-refractivity contribution >= 4 is 25.7 Å². The van der Waals surface area contributed by atoms with Crippen molar-refractivity contribution in [1.82, 2.24) is 0 Å². The smallest absolute Gasteiger partial charge is 0.472 e. The number of esters is 2. The lowest BCUT2D eigenvalue weighted by Crippen LogP contribution is -2.34. The van der Waals surface area contributed by atoms with Crippen molar-refractivity contribution in [2.24, 2.45) is 5.73 Å². The van der Waals surface area contributed by atoms with Crippen LogP contribution in [0.1, 0.15) is 206 Å². The number of phosphoric ester groups is 1. The number of carbonyl (C=O) groups is 3. The average Bonchev–Trinajstić information content (AvgIpc) is 3.11. The number of phosphoric acid groups is 1. The van der Waals surface area contributed by atoms with Gasteiger partial charge in [0.2, 0.25) is 0 Å². The van der Waals surface area contributed by atoms with Crippen LogP contribution in [0.3, 0.4) is 0 Å². The Hall–Kier alpha value is -1.52. The summed E-state index contributed by atoms with van der Waals surface area (Å²) < 4.78 is 31.9. The Kier molecular flexibility index (Phi) is 35.4. The van der Waals surface area contributed by atoms with Gasteiger partial charge >= 0.3 is 25.7 Å². The summed E-state index contributed by atoms with van der Waals surface area (Å²) in [5.41, 5.74) is 5.26. The monoisotopic (exact) mass is 764 g/mol. The third-order valence-electron chi connectivity index (χ3n) is 9.32. The van der Waals surface area contributed by atoms with E-state index in [1.165, 1.54) is 148 Å². The van der Waals surface area contributed by atoms with Crippen molar-refractivity contribution in [3.05, 3.63) is 0 Å². The standard InChI is InChI=1S/C40H78NO10P/c1-3-5-6-7-8-9-10-11-12-13-14-15-16-17-18-19-20-21-22-23-24-25-26-27-28-29-30-32-38(42)48-33-36(51-39(43)31-4-2)34-49-52(46,47)50-35-37(41)40(44)45/h36-37H,3-35,41H2,1-2H3,(H,44,45)(H,46,47)/t36-,37+/m1/s1. The van der Waals surface area contributed by atoms with Gasteiger partial charge in [-0.25, -0.2) is 4.57 Å². The van der Waals surface area contributed by atoms with Gasteiger partial charge in [0.05, 0.1) is 13.2 Å². The van der Waals surface area contributed by atoms with Gasteiger partial charge < -0.3 is 25.2 Å². The molecule has 0 bridgehead atoms. The SMILES string of the molecule is CCCCCCCCCCCCCCCCCCCCCCCCCCCCCC(=O)OC[C@H](COP(=O)(O)OC[C@H](N)C(=O)O)OC(=O)CCC. The summed E-state index contributed by atoms with van der Waals surface area (Å²) in [5.74, 6) is -2.43. The number of hydrogen-bond donors (Lipinski definition) is 3. The highest BCUT2D eigenvalue weighted by Gasteiger charge is 2.28. The maximum Gasteiger partial charge on any atom is 0.472 e. The number of unbranched alkanes of at least 4 members (excludes halogenated alkanes) is 26. The van der Waals surface area contributed by atoms with Gasteiger partial charge in [0.15, 0.2) is 6.10 Å². The van der Waals surface area contributed by atoms with E-state index in [2.05, 4.69) is 11.4 Å². The largest absolute Gasteiger partial charge is 0.480 e. The van der Waals surface area contributed by atoms with Crippen LogP contribution in [0.25, 0.3) is 0 Å². The first kappa shape index (κ1) is 50.5. The van der Waals surface area contributed by atoms with E-state index < -0.39 is 51.1 Å². The molecule has 0 aromatic rings. The van der Waals surface area contributed by atoms with Crippen LogP contribution < -0.4 is 5.73 Å². The van der Waals surface area contributed by atoms with E-state index in [-0.39, 0.29) is 19.4 Å². The van der Waals surface area contributed by atoms with Crippen molar-refractivity contribution in [2.45, 2.75) is 219 Å². The molecule has 0 saturated carbocycles. The second-order valence-corrected chi connectivity index (χ2v) is 15.9. The van der Waals surface area contributed by atoms with E-state index in [1.807, 2.05) is 0 Å². The van der Waals surface area contributed by atoms with Gasteiger partial charge in [-0.1, -0.05) is 181 Å². The highest BCUT2D eigenvalue weighted by Crippen LogP contribution is 2.43. The summed E-state index contributed by atoms with van der Waals surface area (Å²) in [6.07, 6.45) is 35.5. The fourth-order valence-electron chi connectivity index (χ4n) is 6.05. The van der Waals surface area contributed by atoms with Gasteiger partial charge in [0.1, 0.15) is 12.6 Å². The fourth-order valence-corrected chi connectivity index (χ4v) is 6.82. The van der Waals surface area contributed by atoms with Gasteiger partial charge in [-0.3, -0.25) is 23.4 Å². The number of hydrogen-bond acceptors (Lipinski definition) is 9. The molecule has 308 valence electrons. The van der Waals surface area contributed by atoms with E-state index in [0.717, 1.165) is 19.3 Å². The van der Waals surface area contributed by atoms with E-state index in [0.29, 0.717) is 12.8 Å². The number of rotatable bonds is 40. The van der Waals surface area contributed by atoms with Crippen molar-refractivity contribution in [2.75, 3.05) is 19.8 Å². The van der Waals surface area contributed by atoms with Gasteiger partial charge in [-0.15, -0.1) is 0 Å². The molecule has 0 aliphatic heterocycles. The maximum atomic E-state index is 12.2. The minimum absolute atomic E-state index is 0.116. The molecule has 11 nitrogen and oxygen atoms in total. The molecule has 52 heavy (non-hydrogen) atoms. The zero-order chi connectivity index (χ0) is 38.5. The first-order chi connectivity index (χ1) is 25.1. The normalized spacial score (nSPS) is 13.8. The molecule has 0 aromatic carbocycles. The van der Waals surface area contributed by atoms with Crippen molar-refractivity contribution in [3.63, 3.8) is 0 Å². The molecule has 0 aromatic heterocycles. The zero-order valence-electron chi connectivity index (χ0n) is 33.2. The first-order valence-electron chi connectivity index (χ1n) is 21.1. The lowest BCUT2D eigenvalue weighted by atomic mass is 10.0. The van der Waals surface area contributed by atoms with Gasteiger partial charge in [0.25, 0.3) is 0 Å². The maximum absolute atomic E-state index is 12.2. The van der Waals surface area contributed by atoms with Crippen molar-refractivity contribution in [3.8, 4) is 0 Å². The van der Waals surface area contributed by atoms with E-state index in [4.69, 9.17) is 24.8 Å². The van der Waals surface area contributed by atoms with Gasteiger partial charge in [-0.05, 0) is 12.8 Å². The van der Waals surface area contributed by atoms with Crippen molar-refractivity contribution in [1.29, 1.82) is 0 Å². The van der Waals surface area contributed by atoms with Crippen molar-refractivity contribution < 1.29 is 47.5 Å². The number of nitrogens with two attached hydrogens (primary N) is 1. The quantitative estimate of drug-likeness (QED) is 0.0308. The summed E-state index contributed by atoms with van der Waals surface area (Å²) in [4.78, 5) is 44.7. The zero-order valence-corrected chi connectivity index (χ0v) is 34.1. The van der Waals surface area contributed by atoms with Crippen LogP contribution >= 0.6 is 7.82 Å². The lowest BCUT2D eigenvalue weighted by Gasteiger charge is -2.20. The molecular weight excluding hydrogens is 685 g/mol. The number of aliphatic carboxylic acids is 1. The second kappa shape index (κ2) is 36.5. The molecule has 12 heteroatoms. The third kappa shape index (κ3) is 35.5. The van der Waals surface area contributed by atoms with Gasteiger partial charge in [0, 0.05) is 12.8 Å². The Balaban J connectivity index is 3.69. The van der Waals surface area contributed by atoms with E-state index in [1.54, 1.807) is 6.92 Å². The minimum atomic E-state index is -4.68. The summed E-state index contributed by atoms with van der Waals surface area (Å²) in [7, 11) is -4.68. The fraction of sp³-hybridized carbons (Fsp3) is 0.925. The van der Waals surface area contributed by atoms with Crippen LogP contribution in [0, 0.1) is 0 Å². The molecule has 0 rings (SSSR count). The molecule has 0 amide bonds. The predicted octanol–water partition coefficient (Wildman–Crippen LogP) is 10.7. The first-order valence-corrected chi connectivity index (χ1v) is 22.6. The average molecular weight is 764 g/mol. The van der Waals surface area contributed by atoms with E-state index >= 15 is 0 Å². The third-order valence-corrected chi connectivity index (χ3v) is 10.3. The molecule has 3 atom stereocenters. The lowest BCUT2D eigenvalue weighted by molar-refractivity contribution is -0.161. The second-order valence-electron chi connectivity index (χ2n) is 14.5. The number of carbonyl (C=O) groups excluding carboxylic acids is 2. The number of carboxylic acids is 1. The Bertz CT molecular complexity index is 906. The summed E-state index contributed by atoms with van der Waals surface area (Å²) in [5, 5.41) is 8.77.